The van der Waals surface area contributed by atoms with Gasteiger partial charge in [0.2, 0.25) is 0 Å². The molecule has 1 saturated heterocycles. The molecule has 2 aromatic rings. The molecule has 5 heteroatoms. The van der Waals surface area contributed by atoms with Crippen LogP contribution in [0.3, 0.4) is 0 Å². The number of nitrogens with one attached hydrogen (secondary N) is 2. The summed E-state index contributed by atoms with van der Waals surface area (Å²) in [5.74, 6) is -0.132. The molecule has 0 unspecified atom stereocenters. The number of carboxylic acid groups (broad SMARTS) is 1. The van der Waals surface area contributed by atoms with E-state index in [1.165, 1.54) is 0 Å². The van der Waals surface area contributed by atoms with Gasteiger partial charge in [0.1, 0.15) is 5.82 Å². The van der Waals surface area contributed by atoms with Crippen molar-refractivity contribution in [2.75, 3.05) is 18.4 Å². The van der Waals surface area contributed by atoms with Crippen LogP contribution in [0.1, 0.15) is 23.2 Å². The summed E-state index contributed by atoms with van der Waals surface area (Å²) in [5.41, 5.74) is 0.318. The molecule has 0 spiro atoms. The summed E-state index contributed by atoms with van der Waals surface area (Å²) in [6.07, 6.45) is 3.77. The molecule has 1 aliphatic rings. The molecule has 20 heavy (non-hydrogen) atoms. The lowest BCUT2D eigenvalue weighted by Crippen LogP contribution is -2.35. The van der Waals surface area contributed by atoms with E-state index >= 15 is 0 Å². The van der Waals surface area contributed by atoms with E-state index < -0.39 is 5.97 Å². The van der Waals surface area contributed by atoms with Crippen molar-refractivity contribution < 1.29 is 9.90 Å². The SMILES string of the molecule is O=C(O)c1cccc2c(NC3CCNCC3)nccc12. The van der Waals surface area contributed by atoms with E-state index in [4.69, 9.17) is 0 Å². The van der Waals surface area contributed by atoms with Gasteiger partial charge in [0, 0.05) is 23.0 Å². The zero-order valence-corrected chi connectivity index (χ0v) is 11.1. The highest BCUT2D eigenvalue weighted by Crippen LogP contribution is 2.25. The minimum Gasteiger partial charge on any atom is -0.478 e. The summed E-state index contributed by atoms with van der Waals surface area (Å²) in [4.78, 5) is 15.6. The molecule has 5 nitrogen and oxygen atoms in total. The van der Waals surface area contributed by atoms with Gasteiger partial charge in [-0.2, -0.15) is 0 Å². The third-order valence-corrected chi connectivity index (χ3v) is 3.72. The number of nitrogens with zero attached hydrogens (tertiary/aromatic N) is 1. The van der Waals surface area contributed by atoms with E-state index in [-0.39, 0.29) is 0 Å². The van der Waals surface area contributed by atoms with E-state index in [0.29, 0.717) is 11.6 Å². The maximum Gasteiger partial charge on any atom is 0.336 e. The van der Waals surface area contributed by atoms with Crippen molar-refractivity contribution in [3.05, 3.63) is 36.0 Å². The first-order chi connectivity index (χ1) is 9.75. The fourth-order valence-corrected chi connectivity index (χ4v) is 2.67. The summed E-state index contributed by atoms with van der Waals surface area (Å²) in [5, 5.41) is 17.6. The number of anilines is 1. The molecule has 3 rings (SSSR count). The maximum atomic E-state index is 11.3. The minimum absolute atomic E-state index is 0.318. The lowest BCUT2D eigenvalue weighted by atomic mass is 10.0. The van der Waals surface area contributed by atoms with Gasteiger partial charge in [0.05, 0.1) is 5.56 Å². The Kier molecular flexibility index (Phi) is 3.52. The number of pyridine rings is 1. The van der Waals surface area contributed by atoms with Gasteiger partial charge in [0.25, 0.3) is 0 Å². The van der Waals surface area contributed by atoms with Crippen molar-refractivity contribution in [2.45, 2.75) is 18.9 Å². The number of aromatic carboxylic acids is 1. The Hall–Kier alpha value is -2.14. The third-order valence-electron chi connectivity index (χ3n) is 3.72. The Morgan fingerprint density at radius 3 is 2.80 bits per heavy atom. The maximum absolute atomic E-state index is 11.3. The molecule has 1 aromatic carbocycles. The lowest BCUT2D eigenvalue weighted by molar-refractivity contribution is 0.0699. The molecule has 0 atom stereocenters. The van der Waals surface area contributed by atoms with Crippen molar-refractivity contribution in [1.82, 2.24) is 10.3 Å². The first-order valence-electron chi connectivity index (χ1n) is 6.84. The average molecular weight is 271 g/mol. The van der Waals surface area contributed by atoms with E-state index in [1.54, 1.807) is 24.4 Å². The molecule has 104 valence electrons. The molecular weight excluding hydrogens is 254 g/mol. The fourth-order valence-electron chi connectivity index (χ4n) is 2.67. The molecule has 0 bridgehead atoms. The topological polar surface area (TPSA) is 74.2 Å². The Labute approximate surface area is 117 Å². The van der Waals surface area contributed by atoms with Gasteiger partial charge in [-0.15, -0.1) is 0 Å². The van der Waals surface area contributed by atoms with Gasteiger partial charge >= 0.3 is 5.97 Å². The molecular formula is C15H17N3O2. The van der Waals surface area contributed by atoms with Crippen molar-refractivity contribution in [3.8, 4) is 0 Å². The summed E-state index contributed by atoms with van der Waals surface area (Å²) in [6.45, 7) is 2.01. The monoisotopic (exact) mass is 271 g/mol. The molecule has 1 aliphatic heterocycles. The Bertz CT molecular complexity index is 636. The molecule has 1 aromatic heterocycles. The van der Waals surface area contributed by atoms with Crippen LogP contribution < -0.4 is 10.6 Å². The van der Waals surface area contributed by atoms with Crippen LogP contribution in [0.2, 0.25) is 0 Å². The molecule has 0 amide bonds. The van der Waals surface area contributed by atoms with Crippen molar-refractivity contribution in [2.24, 2.45) is 0 Å². The van der Waals surface area contributed by atoms with Gasteiger partial charge in [0.15, 0.2) is 0 Å². The zero-order chi connectivity index (χ0) is 13.9. The molecule has 0 aliphatic carbocycles. The van der Waals surface area contributed by atoms with E-state index in [9.17, 15) is 9.90 Å². The van der Waals surface area contributed by atoms with Crippen LogP contribution in [-0.2, 0) is 0 Å². The zero-order valence-electron chi connectivity index (χ0n) is 11.1. The Morgan fingerprint density at radius 2 is 2.05 bits per heavy atom. The summed E-state index contributed by atoms with van der Waals surface area (Å²) >= 11 is 0. The smallest absolute Gasteiger partial charge is 0.336 e. The minimum atomic E-state index is -0.908. The van der Waals surface area contributed by atoms with Crippen LogP contribution in [0.15, 0.2) is 30.5 Å². The van der Waals surface area contributed by atoms with Gasteiger partial charge in [-0.3, -0.25) is 0 Å². The van der Waals surface area contributed by atoms with Gasteiger partial charge in [-0.05, 0) is 38.1 Å². The second-order valence-electron chi connectivity index (χ2n) is 5.03. The third kappa shape index (κ3) is 2.44. The molecule has 3 N–H and O–H groups in total. The molecule has 0 saturated carbocycles. The van der Waals surface area contributed by atoms with Gasteiger partial charge < -0.3 is 15.7 Å². The molecule has 0 radical (unpaired) electrons. The summed E-state index contributed by atoms with van der Waals surface area (Å²) in [7, 11) is 0. The average Bonchev–Trinajstić information content (AvgIpc) is 2.48. The molecule has 1 fully saturated rings. The number of rotatable bonds is 3. The van der Waals surface area contributed by atoms with Gasteiger partial charge in [-0.25, -0.2) is 9.78 Å². The predicted molar refractivity (Wildman–Crippen MR) is 78.2 cm³/mol. The number of fused-ring (bicyclic) bond motifs is 1. The lowest BCUT2D eigenvalue weighted by Gasteiger charge is -2.24. The number of aromatic nitrogens is 1. The summed E-state index contributed by atoms with van der Waals surface area (Å²) in [6, 6.07) is 7.45. The number of carboxylic acids is 1. The first kappa shape index (κ1) is 12.9. The number of carbonyl (C=O) groups is 1. The standard InChI is InChI=1S/C15H17N3O2/c19-15(20)13-3-1-2-12-11(13)6-9-17-14(12)18-10-4-7-16-8-5-10/h1-3,6,9-10,16H,4-5,7-8H2,(H,17,18)(H,19,20). The van der Waals surface area contributed by atoms with Crippen molar-refractivity contribution >= 4 is 22.6 Å². The van der Waals surface area contributed by atoms with Crippen LogP contribution in [-0.4, -0.2) is 35.2 Å². The highest BCUT2D eigenvalue weighted by Gasteiger charge is 2.16. The summed E-state index contributed by atoms with van der Waals surface area (Å²) < 4.78 is 0. The Morgan fingerprint density at radius 1 is 1.25 bits per heavy atom. The van der Waals surface area contributed by atoms with Gasteiger partial charge in [-0.1, -0.05) is 12.1 Å². The second-order valence-corrected chi connectivity index (χ2v) is 5.03. The van der Waals surface area contributed by atoms with Crippen LogP contribution >= 0.6 is 0 Å². The number of benzene rings is 1. The van der Waals surface area contributed by atoms with Crippen LogP contribution in [0, 0.1) is 0 Å². The normalized spacial score (nSPS) is 16.2. The van der Waals surface area contributed by atoms with E-state index in [1.807, 2.05) is 6.07 Å². The first-order valence-corrected chi connectivity index (χ1v) is 6.84. The highest BCUT2D eigenvalue weighted by atomic mass is 16.4. The number of hydrogen-bond acceptors (Lipinski definition) is 4. The second kappa shape index (κ2) is 5.46. The van der Waals surface area contributed by atoms with Crippen LogP contribution in [0.4, 0.5) is 5.82 Å². The predicted octanol–water partition coefficient (Wildman–Crippen LogP) is 2.10. The van der Waals surface area contributed by atoms with Crippen molar-refractivity contribution in [3.63, 3.8) is 0 Å². The highest BCUT2D eigenvalue weighted by molar-refractivity contribution is 6.06. The van der Waals surface area contributed by atoms with Crippen LogP contribution in [0.5, 0.6) is 0 Å². The number of piperidine rings is 1. The van der Waals surface area contributed by atoms with Crippen molar-refractivity contribution in [1.29, 1.82) is 0 Å². The Balaban J connectivity index is 1.98. The largest absolute Gasteiger partial charge is 0.478 e. The number of hydrogen-bond donors (Lipinski definition) is 3. The van der Waals surface area contributed by atoms with E-state index in [2.05, 4.69) is 15.6 Å². The quantitative estimate of drug-likeness (QED) is 0.797. The van der Waals surface area contributed by atoms with Crippen LogP contribution in [0.25, 0.3) is 10.8 Å². The molecule has 2 heterocycles. The fraction of sp³-hybridized carbons (Fsp3) is 0.333. The van der Waals surface area contributed by atoms with E-state index in [0.717, 1.165) is 42.5 Å².